The Bertz CT molecular complexity index is 1180. The van der Waals surface area contributed by atoms with Crippen LogP contribution < -0.4 is 0 Å². The molecule has 0 saturated carbocycles. The van der Waals surface area contributed by atoms with Crippen LogP contribution in [-0.4, -0.2) is 5.78 Å². The molecule has 0 bridgehead atoms. The molecule has 0 aliphatic rings. The second-order valence-electron chi connectivity index (χ2n) is 7.97. The minimum atomic E-state index is -0.714. The highest BCUT2D eigenvalue weighted by atomic mass is 79.9. The topological polar surface area (TPSA) is 17.1 Å². The van der Waals surface area contributed by atoms with E-state index in [1.165, 1.54) is 0 Å². The molecule has 2 heteroatoms. The summed E-state index contributed by atoms with van der Waals surface area (Å²) in [7, 11) is 0. The average Bonchev–Trinajstić information content (AvgIpc) is 2.85. The van der Waals surface area contributed by atoms with E-state index in [9.17, 15) is 4.79 Å². The number of allylic oxidation sites excluding steroid dienone is 1. The first kappa shape index (κ1) is 22.0. The minimum absolute atomic E-state index is 0.141. The number of benzene rings is 4. The number of halogens is 1. The van der Waals surface area contributed by atoms with Gasteiger partial charge in [-0.05, 0) is 41.7 Å². The third-order valence-electron chi connectivity index (χ3n) is 5.77. The van der Waals surface area contributed by atoms with Crippen molar-refractivity contribution in [3.05, 3.63) is 148 Å². The lowest BCUT2D eigenvalue weighted by Crippen LogP contribution is -2.38. The van der Waals surface area contributed by atoms with Crippen molar-refractivity contribution in [2.75, 3.05) is 0 Å². The van der Waals surface area contributed by atoms with E-state index in [1.54, 1.807) is 0 Å². The van der Waals surface area contributed by atoms with Gasteiger partial charge in [-0.25, -0.2) is 0 Å². The highest BCUT2D eigenvalue weighted by Gasteiger charge is 2.39. The first-order valence-electron chi connectivity index (χ1n) is 10.8. The van der Waals surface area contributed by atoms with E-state index in [-0.39, 0.29) is 5.78 Å². The molecule has 0 aliphatic carbocycles. The fraction of sp³-hybridized carbons (Fsp3) is 0.100. The summed E-state index contributed by atoms with van der Waals surface area (Å²) < 4.78 is 1.02. The van der Waals surface area contributed by atoms with E-state index >= 15 is 0 Å². The van der Waals surface area contributed by atoms with Crippen molar-refractivity contribution in [2.24, 2.45) is 0 Å². The maximum atomic E-state index is 14.2. The second kappa shape index (κ2) is 10.4. The SMILES string of the molecule is O=C(c1ccccc1)C(C/C=C/c1ccccc1)(Cc1cccc(Br)c1)c1ccccc1. The van der Waals surface area contributed by atoms with Crippen LogP contribution in [0.15, 0.2) is 126 Å². The van der Waals surface area contributed by atoms with E-state index in [2.05, 4.69) is 64.5 Å². The largest absolute Gasteiger partial charge is 0.293 e. The normalized spacial score (nSPS) is 13.0. The summed E-state index contributed by atoms with van der Waals surface area (Å²) in [4.78, 5) is 14.2. The molecule has 4 rings (SSSR count). The van der Waals surface area contributed by atoms with Crippen LogP contribution in [0.3, 0.4) is 0 Å². The molecule has 0 radical (unpaired) electrons. The zero-order valence-corrected chi connectivity index (χ0v) is 19.4. The van der Waals surface area contributed by atoms with Crippen LogP contribution in [0.5, 0.6) is 0 Å². The lowest BCUT2D eigenvalue weighted by molar-refractivity contribution is 0.0882. The molecule has 0 heterocycles. The Morgan fingerprint density at radius 3 is 2.03 bits per heavy atom. The fourth-order valence-electron chi connectivity index (χ4n) is 4.17. The maximum Gasteiger partial charge on any atom is 0.174 e. The molecule has 32 heavy (non-hydrogen) atoms. The monoisotopic (exact) mass is 480 g/mol. The molecule has 1 atom stereocenters. The van der Waals surface area contributed by atoms with Crippen molar-refractivity contribution >= 4 is 27.8 Å². The van der Waals surface area contributed by atoms with E-state index in [4.69, 9.17) is 0 Å². The summed E-state index contributed by atoms with van der Waals surface area (Å²) in [5.74, 6) is 0.141. The molecule has 0 saturated heterocycles. The van der Waals surface area contributed by atoms with Crippen LogP contribution in [0.1, 0.15) is 33.5 Å². The summed E-state index contributed by atoms with van der Waals surface area (Å²) in [6.45, 7) is 0. The lowest BCUT2D eigenvalue weighted by atomic mass is 9.68. The molecule has 0 aliphatic heterocycles. The number of hydrogen-bond donors (Lipinski definition) is 0. The molecule has 158 valence electrons. The fourth-order valence-corrected chi connectivity index (χ4v) is 4.62. The molecule has 4 aromatic carbocycles. The molecule has 0 aromatic heterocycles. The van der Waals surface area contributed by atoms with Gasteiger partial charge in [0.25, 0.3) is 0 Å². The smallest absolute Gasteiger partial charge is 0.174 e. The van der Waals surface area contributed by atoms with E-state index < -0.39 is 5.41 Å². The second-order valence-corrected chi connectivity index (χ2v) is 8.88. The molecular weight excluding hydrogens is 456 g/mol. The maximum absolute atomic E-state index is 14.2. The Labute approximate surface area is 198 Å². The van der Waals surface area contributed by atoms with Crippen molar-refractivity contribution in [3.63, 3.8) is 0 Å². The number of rotatable bonds is 8. The molecule has 0 amide bonds. The first-order valence-corrected chi connectivity index (χ1v) is 11.6. The van der Waals surface area contributed by atoms with Gasteiger partial charge in [0, 0.05) is 10.0 Å². The summed E-state index contributed by atoms with van der Waals surface area (Å²) in [6.07, 6.45) is 5.47. The van der Waals surface area contributed by atoms with E-state index in [0.717, 1.165) is 26.7 Å². The molecule has 0 N–H and O–H groups in total. The van der Waals surface area contributed by atoms with Crippen LogP contribution in [0, 0.1) is 0 Å². The highest BCUT2D eigenvalue weighted by Crippen LogP contribution is 2.37. The van der Waals surface area contributed by atoms with Gasteiger partial charge in [0.15, 0.2) is 5.78 Å². The Balaban J connectivity index is 1.82. The molecule has 1 unspecified atom stereocenters. The number of hydrogen-bond acceptors (Lipinski definition) is 1. The summed E-state index contributed by atoms with van der Waals surface area (Å²) in [6, 6.07) is 38.3. The van der Waals surface area contributed by atoms with Gasteiger partial charge in [-0.3, -0.25) is 4.79 Å². The van der Waals surface area contributed by atoms with E-state index in [1.807, 2.05) is 78.9 Å². The Morgan fingerprint density at radius 2 is 1.38 bits per heavy atom. The van der Waals surface area contributed by atoms with Crippen LogP contribution in [0.2, 0.25) is 0 Å². The molecule has 0 fully saturated rings. The third kappa shape index (κ3) is 5.15. The van der Waals surface area contributed by atoms with Crippen molar-refractivity contribution in [1.82, 2.24) is 0 Å². The number of carbonyl (C=O) groups excluding carboxylic acids is 1. The Morgan fingerprint density at radius 1 is 0.750 bits per heavy atom. The van der Waals surface area contributed by atoms with Crippen LogP contribution >= 0.6 is 15.9 Å². The van der Waals surface area contributed by atoms with Gasteiger partial charge in [0.05, 0.1) is 5.41 Å². The van der Waals surface area contributed by atoms with Gasteiger partial charge in [0.1, 0.15) is 0 Å². The predicted molar refractivity (Wildman–Crippen MR) is 137 cm³/mol. The van der Waals surface area contributed by atoms with Gasteiger partial charge in [0.2, 0.25) is 0 Å². The number of ketones is 1. The predicted octanol–water partition coefficient (Wildman–Crippen LogP) is 7.92. The Hall–Kier alpha value is -3.23. The molecular formula is C30H25BrO. The van der Waals surface area contributed by atoms with Crippen molar-refractivity contribution in [1.29, 1.82) is 0 Å². The third-order valence-corrected chi connectivity index (χ3v) is 6.26. The summed E-state index contributed by atoms with van der Waals surface area (Å²) in [5.41, 5.74) is 3.31. The summed E-state index contributed by atoms with van der Waals surface area (Å²) >= 11 is 3.59. The lowest BCUT2D eigenvalue weighted by Gasteiger charge is -2.33. The Kier molecular flexibility index (Phi) is 7.14. The van der Waals surface area contributed by atoms with Gasteiger partial charge in [-0.15, -0.1) is 0 Å². The van der Waals surface area contributed by atoms with Gasteiger partial charge < -0.3 is 0 Å². The van der Waals surface area contributed by atoms with Gasteiger partial charge in [-0.2, -0.15) is 0 Å². The molecule has 0 spiro atoms. The average molecular weight is 481 g/mol. The zero-order valence-electron chi connectivity index (χ0n) is 17.8. The van der Waals surface area contributed by atoms with E-state index in [0.29, 0.717) is 12.8 Å². The van der Waals surface area contributed by atoms with Crippen LogP contribution in [-0.2, 0) is 11.8 Å². The van der Waals surface area contributed by atoms with Crippen molar-refractivity contribution in [2.45, 2.75) is 18.3 Å². The zero-order chi connectivity index (χ0) is 22.2. The highest BCUT2D eigenvalue weighted by molar-refractivity contribution is 9.10. The molecule has 4 aromatic rings. The minimum Gasteiger partial charge on any atom is -0.293 e. The quantitative estimate of drug-likeness (QED) is 0.234. The number of Topliss-reactive ketones (excluding diaryl/α,β-unsaturated/α-hetero) is 1. The van der Waals surface area contributed by atoms with Crippen molar-refractivity contribution < 1.29 is 4.79 Å². The standard InChI is InChI=1S/C30H25BrO/c31-28-20-10-14-25(22-28)23-30(27-18-8-3-9-19-27,29(32)26-16-6-2-7-17-26)21-11-15-24-12-4-1-5-13-24/h1-20,22H,21,23H2/b15-11+. The number of carbonyl (C=O) groups is 1. The van der Waals surface area contributed by atoms with Crippen LogP contribution in [0.25, 0.3) is 6.08 Å². The van der Waals surface area contributed by atoms with Crippen molar-refractivity contribution in [3.8, 4) is 0 Å². The van der Waals surface area contributed by atoms with Gasteiger partial charge in [-0.1, -0.05) is 131 Å². The van der Waals surface area contributed by atoms with Gasteiger partial charge >= 0.3 is 0 Å². The first-order chi connectivity index (χ1) is 15.7. The van der Waals surface area contributed by atoms with Crippen LogP contribution in [0.4, 0.5) is 0 Å². The molecule has 1 nitrogen and oxygen atoms in total. The summed E-state index contributed by atoms with van der Waals surface area (Å²) in [5, 5.41) is 0.